The Hall–Kier alpha value is -2.70. The number of hydrogen-bond donors (Lipinski definition) is 3. The van der Waals surface area contributed by atoms with Crippen LogP contribution in [0.15, 0.2) is 72.9 Å². The topological polar surface area (TPSA) is 95.9 Å². The van der Waals surface area contributed by atoms with E-state index in [9.17, 15) is 19.8 Å². The molecular formula is C50H87NO5. The molecule has 3 unspecified atom stereocenters. The maximum absolute atomic E-state index is 13.1. The number of rotatable bonds is 40. The van der Waals surface area contributed by atoms with Crippen molar-refractivity contribution in [2.45, 2.75) is 225 Å². The van der Waals surface area contributed by atoms with Crippen LogP contribution in [0.2, 0.25) is 0 Å². The SMILES string of the molecule is CC\C=C/C=C/C=C/C=C\C=C\C=C\CCCCCC(=O)OC(CCCCCCCCCCCC)CC(=O)NC(CO)C(O)CCCCCCCCCCCC. The molecule has 0 saturated heterocycles. The van der Waals surface area contributed by atoms with E-state index in [1.807, 2.05) is 54.7 Å². The lowest BCUT2D eigenvalue weighted by molar-refractivity contribution is -0.151. The minimum absolute atomic E-state index is 0.0577. The van der Waals surface area contributed by atoms with Gasteiger partial charge in [-0.05, 0) is 44.9 Å². The van der Waals surface area contributed by atoms with Gasteiger partial charge in [0.15, 0.2) is 0 Å². The fourth-order valence-corrected chi connectivity index (χ4v) is 6.70. The highest BCUT2D eigenvalue weighted by Crippen LogP contribution is 2.17. The Kier molecular flexibility index (Phi) is 41.3. The number of esters is 1. The summed E-state index contributed by atoms with van der Waals surface area (Å²) in [5.41, 5.74) is 0. The largest absolute Gasteiger partial charge is 0.462 e. The number of aliphatic hydroxyl groups is 2. The Bertz CT molecular complexity index is 1060. The second kappa shape index (κ2) is 43.4. The Morgan fingerprint density at radius 1 is 0.536 bits per heavy atom. The van der Waals surface area contributed by atoms with Gasteiger partial charge in [0.2, 0.25) is 5.91 Å². The van der Waals surface area contributed by atoms with Crippen molar-refractivity contribution in [1.29, 1.82) is 0 Å². The fraction of sp³-hybridized carbons (Fsp3) is 0.720. The summed E-state index contributed by atoms with van der Waals surface area (Å²) in [4.78, 5) is 26.0. The molecule has 0 aliphatic carbocycles. The van der Waals surface area contributed by atoms with Crippen LogP contribution in [0.5, 0.6) is 0 Å². The van der Waals surface area contributed by atoms with Crippen molar-refractivity contribution in [3.63, 3.8) is 0 Å². The second-order valence-electron chi connectivity index (χ2n) is 15.6. The molecule has 322 valence electrons. The van der Waals surface area contributed by atoms with Crippen LogP contribution in [-0.2, 0) is 14.3 Å². The zero-order valence-electron chi connectivity index (χ0n) is 36.5. The number of carbonyl (C=O) groups excluding carboxylic acids is 2. The summed E-state index contributed by atoms with van der Waals surface area (Å²) in [5, 5.41) is 23.6. The van der Waals surface area contributed by atoms with Gasteiger partial charge < -0.3 is 20.3 Å². The van der Waals surface area contributed by atoms with Gasteiger partial charge in [0.05, 0.1) is 25.2 Å². The van der Waals surface area contributed by atoms with E-state index in [0.717, 1.165) is 70.6 Å². The van der Waals surface area contributed by atoms with Gasteiger partial charge in [0, 0.05) is 6.42 Å². The smallest absolute Gasteiger partial charge is 0.306 e. The van der Waals surface area contributed by atoms with Crippen molar-refractivity contribution in [2.75, 3.05) is 6.61 Å². The van der Waals surface area contributed by atoms with Gasteiger partial charge in [0.25, 0.3) is 0 Å². The zero-order chi connectivity index (χ0) is 41.0. The third kappa shape index (κ3) is 38.2. The Morgan fingerprint density at radius 2 is 0.964 bits per heavy atom. The van der Waals surface area contributed by atoms with E-state index >= 15 is 0 Å². The van der Waals surface area contributed by atoms with Crippen LogP contribution in [0.4, 0.5) is 0 Å². The van der Waals surface area contributed by atoms with E-state index in [1.54, 1.807) is 0 Å². The molecule has 3 atom stereocenters. The molecule has 0 saturated carbocycles. The maximum Gasteiger partial charge on any atom is 0.306 e. The van der Waals surface area contributed by atoms with Gasteiger partial charge in [0.1, 0.15) is 6.10 Å². The van der Waals surface area contributed by atoms with Crippen LogP contribution in [0.3, 0.4) is 0 Å². The lowest BCUT2D eigenvalue weighted by Crippen LogP contribution is -2.46. The minimum atomic E-state index is -0.795. The highest BCUT2D eigenvalue weighted by atomic mass is 16.5. The van der Waals surface area contributed by atoms with Crippen molar-refractivity contribution in [3.8, 4) is 0 Å². The van der Waals surface area contributed by atoms with E-state index in [2.05, 4.69) is 44.3 Å². The van der Waals surface area contributed by atoms with Crippen molar-refractivity contribution in [2.24, 2.45) is 0 Å². The molecule has 56 heavy (non-hydrogen) atoms. The number of amides is 1. The van der Waals surface area contributed by atoms with E-state index in [0.29, 0.717) is 19.3 Å². The standard InChI is InChI=1S/C50H87NO5/c1-4-7-10-13-16-19-22-23-24-25-26-27-28-31-34-37-40-43-50(55)56-46(41-38-35-32-29-20-17-14-11-8-5-2)44-49(54)51-47(45-52)48(53)42-39-36-33-30-21-18-15-12-9-6-3/h7,10,13,16,19,22-28,46-48,52-53H,4-6,8-9,11-12,14-15,17-18,20-21,29-45H2,1-3H3,(H,51,54)/b10-7-,16-13+,22-19+,24-23-,26-25+,28-27+. The van der Waals surface area contributed by atoms with E-state index in [1.165, 1.54) is 89.9 Å². The van der Waals surface area contributed by atoms with Crippen LogP contribution >= 0.6 is 0 Å². The summed E-state index contributed by atoms with van der Waals surface area (Å²) < 4.78 is 5.88. The highest BCUT2D eigenvalue weighted by Gasteiger charge is 2.24. The molecule has 0 aromatic rings. The van der Waals surface area contributed by atoms with Crippen LogP contribution < -0.4 is 5.32 Å². The average Bonchev–Trinajstić information content (AvgIpc) is 3.19. The molecule has 3 N–H and O–H groups in total. The molecule has 0 fully saturated rings. The van der Waals surface area contributed by atoms with Crippen LogP contribution in [0.1, 0.15) is 207 Å². The molecule has 6 nitrogen and oxygen atoms in total. The number of aliphatic hydroxyl groups excluding tert-OH is 2. The van der Waals surface area contributed by atoms with E-state index in [-0.39, 0.29) is 24.9 Å². The molecule has 0 rings (SSSR count). The van der Waals surface area contributed by atoms with Crippen molar-refractivity contribution in [1.82, 2.24) is 5.32 Å². The molecule has 0 spiro atoms. The van der Waals surface area contributed by atoms with Crippen molar-refractivity contribution >= 4 is 11.9 Å². The summed E-state index contributed by atoms with van der Waals surface area (Å²) in [6.45, 7) is 6.29. The van der Waals surface area contributed by atoms with Crippen molar-refractivity contribution < 1.29 is 24.5 Å². The normalized spacial score (nSPS) is 14.0. The summed E-state index contributed by atoms with van der Waals surface area (Å²) in [6.07, 6.45) is 53.8. The molecule has 0 aromatic heterocycles. The molecule has 0 aromatic carbocycles. The maximum atomic E-state index is 13.1. The Balaban J connectivity index is 4.65. The number of allylic oxidation sites excluding steroid dienone is 12. The summed E-state index contributed by atoms with van der Waals surface area (Å²) in [6, 6.07) is -0.710. The molecule has 0 radical (unpaired) electrons. The Labute approximate surface area is 345 Å². The number of hydrogen-bond acceptors (Lipinski definition) is 5. The molecule has 1 amide bonds. The second-order valence-corrected chi connectivity index (χ2v) is 15.6. The molecule has 0 aliphatic rings. The molecule has 0 bridgehead atoms. The summed E-state index contributed by atoms with van der Waals surface area (Å²) in [7, 11) is 0. The van der Waals surface area contributed by atoms with Gasteiger partial charge in [-0.25, -0.2) is 0 Å². The van der Waals surface area contributed by atoms with Crippen LogP contribution in [0, 0.1) is 0 Å². The first kappa shape index (κ1) is 53.3. The first-order valence-electron chi connectivity index (χ1n) is 23.2. The summed E-state index contributed by atoms with van der Waals surface area (Å²) >= 11 is 0. The fourth-order valence-electron chi connectivity index (χ4n) is 6.70. The van der Waals surface area contributed by atoms with Gasteiger partial charge >= 0.3 is 5.97 Å². The predicted molar refractivity (Wildman–Crippen MR) is 241 cm³/mol. The monoisotopic (exact) mass is 782 g/mol. The lowest BCUT2D eigenvalue weighted by atomic mass is 10.0. The third-order valence-electron chi connectivity index (χ3n) is 10.2. The van der Waals surface area contributed by atoms with Gasteiger partial charge in [-0.1, -0.05) is 222 Å². The van der Waals surface area contributed by atoms with Gasteiger partial charge in [-0.3, -0.25) is 9.59 Å². The number of ether oxygens (including phenoxy) is 1. The molecule has 0 heterocycles. The number of unbranched alkanes of at least 4 members (excludes halogenated alkanes) is 21. The Morgan fingerprint density at radius 3 is 1.45 bits per heavy atom. The van der Waals surface area contributed by atoms with Crippen molar-refractivity contribution in [3.05, 3.63) is 72.9 Å². The highest BCUT2D eigenvalue weighted by molar-refractivity contribution is 5.77. The summed E-state index contributed by atoms with van der Waals surface area (Å²) in [5.74, 6) is -0.529. The first-order chi connectivity index (χ1) is 27.5. The van der Waals surface area contributed by atoms with E-state index in [4.69, 9.17) is 4.74 Å². The minimum Gasteiger partial charge on any atom is -0.462 e. The predicted octanol–water partition coefficient (Wildman–Crippen LogP) is 13.4. The molecule has 0 aliphatic heterocycles. The zero-order valence-corrected chi connectivity index (χ0v) is 36.5. The van der Waals surface area contributed by atoms with Gasteiger partial charge in [-0.15, -0.1) is 0 Å². The molecular weight excluding hydrogens is 695 g/mol. The van der Waals surface area contributed by atoms with Crippen LogP contribution in [0.25, 0.3) is 0 Å². The third-order valence-corrected chi connectivity index (χ3v) is 10.2. The van der Waals surface area contributed by atoms with E-state index < -0.39 is 18.2 Å². The number of nitrogens with one attached hydrogen (secondary N) is 1. The van der Waals surface area contributed by atoms with Gasteiger partial charge in [-0.2, -0.15) is 0 Å². The van der Waals surface area contributed by atoms with Crippen LogP contribution in [-0.4, -0.2) is 46.9 Å². The quantitative estimate of drug-likeness (QED) is 0.0327. The average molecular weight is 782 g/mol. The first-order valence-corrected chi connectivity index (χ1v) is 23.2. The molecule has 6 heteroatoms. The number of carbonyl (C=O) groups is 2. The lowest BCUT2D eigenvalue weighted by Gasteiger charge is -2.24.